The molecular weight excluding hydrogens is 493 g/mol. The minimum Gasteiger partial charge on any atom is -0.502 e. The topological polar surface area (TPSA) is 125 Å². The fraction of sp³-hybridized carbons (Fsp3) is 0.519. The van der Waals surface area contributed by atoms with Gasteiger partial charge in [0.15, 0.2) is 0 Å². The Hall–Kier alpha value is -3.76. The van der Waals surface area contributed by atoms with E-state index in [1.54, 1.807) is 19.1 Å². The Bertz CT molecular complexity index is 1130. The number of nitrogens with one attached hydrogen (secondary N) is 1. The van der Waals surface area contributed by atoms with Crippen LogP contribution in [0.15, 0.2) is 23.0 Å². The number of aromatic hydroxyl groups is 1. The lowest BCUT2D eigenvalue weighted by Gasteiger charge is -2.33. The van der Waals surface area contributed by atoms with E-state index in [-0.39, 0.29) is 17.3 Å². The molecule has 1 aromatic carbocycles. The van der Waals surface area contributed by atoms with Gasteiger partial charge in [0, 0.05) is 34.2 Å². The van der Waals surface area contributed by atoms with Gasteiger partial charge >= 0.3 is 11.8 Å². The van der Waals surface area contributed by atoms with Gasteiger partial charge in [-0.05, 0) is 43.9 Å². The molecule has 10 nitrogen and oxygen atoms in total. The number of fused-ring (bicyclic) bond motifs is 1. The summed E-state index contributed by atoms with van der Waals surface area (Å²) in [5.74, 6) is -1.46. The Morgan fingerprint density at radius 2 is 1.76 bits per heavy atom. The van der Waals surface area contributed by atoms with Crippen molar-refractivity contribution in [3.8, 4) is 5.75 Å². The summed E-state index contributed by atoms with van der Waals surface area (Å²) in [6, 6.07) is 4.30. The molecule has 0 bridgehead atoms. The van der Waals surface area contributed by atoms with E-state index < -0.39 is 23.4 Å². The van der Waals surface area contributed by atoms with E-state index in [2.05, 4.69) is 10.3 Å². The van der Waals surface area contributed by atoms with E-state index >= 15 is 0 Å². The van der Waals surface area contributed by atoms with Gasteiger partial charge in [-0.2, -0.15) is 0 Å². The summed E-state index contributed by atoms with van der Waals surface area (Å²) in [6.07, 6.45) is 1.90. The van der Waals surface area contributed by atoms with Crippen molar-refractivity contribution in [3.05, 3.63) is 57.0 Å². The van der Waals surface area contributed by atoms with Crippen LogP contribution >= 0.6 is 0 Å². The third-order valence-corrected chi connectivity index (χ3v) is 5.50. The first-order chi connectivity index (χ1) is 18.0. The Balaban J connectivity index is 0.000000723. The first kappa shape index (κ1) is 34.2. The highest BCUT2D eigenvalue weighted by molar-refractivity contribution is 6.34. The van der Waals surface area contributed by atoms with Crippen molar-refractivity contribution in [2.24, 2.45) is 0 Å². The largest absolute Gasteiger partial charge is 0.502 e. The molecule has 3 rings (SSSR count). The number of amides is 3. The zero-order chi connectivity index (χ0) is 29.6. The van der Waals surface area contributed by atoms with Crippen molar-refractivity contribution < 1.29 is 23.9 Å². The number of carbonyl (C=O) groups excluding carboxylic acids is 3. The fourth-order valence-corrected chi connectivity index (χ4v) is 3.54. The van der Waals surface area contributed by atoms with Gasteiger partial charge in [-0.1, -0.05) is 39.8 Å². The molecule has 0 spiro atoms. The molecular formula is C27H42FN5O5. The molecule has 212 valence electrons. The van der Waals surface area contributed by atoms with Crippen molar-refractivity contribution in [2.45, 2.75) is 73.5 Å². The number of hydrogen-bond acceptors (Lipinski definition) is 6. The van der Waals surface area contributed by atoms with Gasteiger partial charge in [-0.25, -0.2) is 9.37 Å². The monoisotopic (exact) mass is 535 g/mol. The number of carbonyl (C=O) groups is 3. The molecule has 1 atom stereocenters. The molecule has 1 aliphatic heterocycles. The third kappa shape index (κ3) is 8.97. The summed E-state index contributed by atoms with van der Waals surface area (Å²) >= 11 is 0. The van der Waals surface area contributed by atoms with Crippen LogP contribution in [0.3, 0.4) is 0 Å². The number of aromatic nitrogens is 2. The minimum atomic E-state index is -0.650. The maximum Gasteiger partial charge on any atom is 0.312 e. The van der Waals surface area contributed by atoms with Gasteiger partial charge in [0.25, 0.3) is 5.56 Å². The van der Waals surface area contributed by atoms with E-state index in [1.165, 1.54) is 48.5 Å². The smallest absolute Gasteiger partial charge is 0.312 e. The molecule has 1 aromatic heterocycles. The zero-order valence-corrected chi connectivity index (χ0v) is 24.0. The molecule has 2 aromatic rings. The van der Waals surface area contributed by atoms with Crippen LogP contribution in [-0.2, 0) is 27.5 Å². The number of hydrogen-bond donors (Lipinski definition) is 2. The molecule has 1 unspecified atom stereocenters. The summed E-state index contributed by atoms with van der Waals surface area (Å²) in [4.78, 5) is 52.9. The molecule has 3 amide bonds. The predicted molar refractivity (Wildman–Crippen MR) is 145 cm³/mol. The van der Waals surface area contributed by atoms with Crippen LogP contribution in [0, 0.1) is 19.7 Å². The second kappa shape index (κ2) is 16.9. The molecule has 38 heavy (non-hydrogen) atoms. The van der Waals surface area contributed by atoms with Crippen molar-refractivity contribution in [3.63, 3.8) is 0 Å². The lowest BCUT2D eigenvalue weighted by molar-refractivity contribution is -0.151. The van der Waals surface area contributed by atoms with Crippen molar-refractivity contribution in [1.82, 2.24) is 24.7 Å². The van der Waals surface area contributed by atoms with E-state index in [1.807, 2.05) is 27.7 Å². The van der Waals surface area contributed by atoms with E-state index in [9.17, 15) is 28.7 Å². The molecule has 0 radical (unpaired) electrons. The first-order valence-corrected chi connectivity index (χ1v) is 12.7. The molecule has 2 N–H and O–H groups in total. The van der Waals surface area contributed by atoms with Crippen molar-refractivity contribution in [2.75, 3.05) is 21.1 Å². The van der Waals surface area contributed by atoms with Crippen LogP contribution in [0.2, 0.25) is 0 Å². The van der Waals surface area contributed by atoms with Crippen LogP contribution in [0.5, 0.6) is 5.75 Å². The second-order valence-electron chi connectivity index (χ2n) is 8.22. The van der Waals surface area contributed by atoms with Crippen LogP contribution in [0.25, 0.3) is 0 Å². The Labute approximate surface area is 224 Å². The number of benzene rings is 1. The van der Waals surface area contributed by atoms with Gasteiger partial charge < -0.3 is 20.2 Å². The van der Waals surface area contributed by atoms with Gasteiger partial charge in [-0.15, -0.1) is 0 Å². The van der Waals surface area contributed by atoms with Crippen molar-refractivity contribution >= 4 is 18.2 Å². The number of likely N-dealkylation sites (N-methyl/N-ethyl adjacent to an activating group) is 2. The normalized spacial score (nSPS) is 13.1. The Morgan fingerprint density at radius 3 is 2.29 bits per heavy atom. The Morgan fingerprint density at radius 1 is 1.16 bits per heavy atom. The molecule has 0 saturated carbocycles. The SMILES string of the molecule is CC.CC.Cc1cc(CNC=O)ccc1F.Cc1nc2n(c(=O)c1O)CCCC2N(C)C(=O)C(=O)N(C)C. The lowest BCUT2D eigenvalue weighted by atomic mass is 10.0. The fourth-order valence-electron chi connectivity index (χ4n) is 3.54. The van der Waals surface area contributed by atoms with Crippen LogP contribution in [0.1, 0.15) is 69.2 Å². The van der Waals surface area contributed by atoms with Gasteiger partial charge in [0.2, 0.25) is 12.2 Å². The minimum absolute atomic E-state index is 0.218. The maximum absolute atomic E-state index is 12.7. The highest BCUT2D eigenvalue weighted by Gasteiger charge is 2.33. The summed E-state index contributed by atoms with van der Waals surface area (Å²) in [7, 11) is 4.54. The standard InChI is InChI=1S/C14H20N4O4.C9H10FNO.2C2H6/c1-8-10(19)12(20)18-7-5-6-9(11(18)15-8)17(4)14(22)13(21)16(2)3;1-7-4-8(5-11-6-12)2-3-9(7)10;2*1-2/h9,19H,5-7H2,1-4H3;2-4,6H,5H2,1H3,(H,11,12);2*1-2H3. The van der Waals surface area contributed by atoms with E-state index in [4.69, 9.17) is 0 Å². The second-order valence-corrected chi connectivity index (χ2v) is 8.22. The highest BCUT2D eigenvalue weighted by Crippen LogP contribution is 2.28. The number of rotatable bonds is 4. The van der Waals surface area contributed by atoms with Gasteiger partial charge in [0.1, 0.15) is 11.6 Å². The maximum atomic E-state index is 12.7. The van der Waals surface area contributed by atoms with Crippen molar-refractivity contribution in [1.29, 1.82) is 0 Å². The molecule has 0 aliphatic carbocycles. The van der Waals surface area contributed by atoms with Crippen LogP contribution in [0.4, 0.5) is 4.39 Å². The third-order valence-electron chi connectivity index (χ3n) is 5.50. The average Bonchev–Trinajstić information content (AvgIpc) is 2.93. The van der Waals surface area contributed by atoms with Gasteiger partial charge in [-0.3, -0.25) is 23.7 Å². The first-order valence-electron chi connectivity index (χ1n) is 12.7. The highest BCUT2D eigenvalue weighted by atomic mass is 19.1. The quantitative estimate of drug-likeness (QED) is 0.458. The number of aryl methyl sites for hydroxylation is 2. The average molecular weight is 536 g/mol. The summed E-state index contributed by atoms with van der Waals surface area (Å²) in [6.45, 7) is 12.1. The van der Waals surface area contributed by atoms with E-state index in [0.29, 0.717) is 43.7 Å². The number of nitrogens with zero attached hydrogens (tertiary/aromatic N) is 4. The molecule has 2 heterocycles. The van der Waals surface area contributed by atoms with Crippen LogP contribution < -0.4 is 10.9 Å². The Kier molecular flexibility index (Phi) is 15.2. The predicted octanol–water partition coefficient (Wildman–Crippen LogP) is 3.07. The summed E-state index contributed by atoms with van der Waals surface area (Å²) < 4.78 is 14.1. The molecule has 0 fully saturated rings. The molecule has 11 heteroatoms. The zero-order valence-electron chi connectivity index (χ0n) is 24.0. The number of halogens is 1. The van der Waals surface area contributed by atoms with Gasteiger partial charge in [0.05, 0.1) is 11.7 Å². The summed E-state index contributed by atoms with van der Waals surface area (Å²) in [5, 5.41) is 12.2. The lowest BCUT2D eigenvalue weighted by Crippen LogP contribution is -2.45. The molecule has 0 saturated heterocycles. The molecule has 1 aliphatic rings. The van der Waals surface area contributed by atoms with Crippen LogP contribution in [-0.4, -0.2) is 63.8 Å². The van der Waals surface area contributed by atoms with E-state index in [0.717, 1.165) is 5.56 Å². The summed E-state index contributed by atoms with van der Waals surface area (Å²) in [5.41, 5.74) is 1.22.